The number of amides is 6. The molecule has 2 fully saturated rings. The van der Waals surface area contributed by atoms with Crippen molar-refractivity contribution in [2.75, 3.05) is 68.4 Å². The number of likely N-dealkylation sites (tertiary alicyclic amines) is 1. The number of hydrogen-bond donors (Lipinski definition) is 3. The first-order valence-corrected chi connectivity index (χ1v) is 26.5. The summed E-state index contributed by atoms with van der Waals surface area (Å²) in [5.41, 5.74) is 3.39. The van der Waals surface area contributed by atoms with E-state index in [9.17, 15) is 33.6 Å². The van der Waals surface area contributed by atoms with Gasteiger partial charge in [-0.15, -0.1) is 0 Å². The van der Waals surface area contributed by atoms with Crippen LogP contribution in [0.5, 0.6) is 40.2 Å². The normalized spacial score (nSPS) is 16.7. The van der Waals surface area contributed by atoms with Crippen LogP contribution < -0.4 is 49.1 Å². The highest BCUT2D eigenvalue weighted by molar-refractivity contribution is 6.05. The Labute approximate surface area is 454 Å². The molecule has 20 heteroatoms. The second kappa shape index (κ2) is 27.8. The van der Waals surface area contributed by atoms with Crippen LogP contribution in [0.1, 0.15) is 116 Å². The van der Waals surface area contributed by atoms with Crippen molar-refractivity contribution in [1.29, 1.82) is 0 Å². The van der Waals surface area contributed by atoms with Gasteiger partial charge >= 0.3 is 5.97 Å². The summed E-state index contributed by atoms with van der Waals surface area (Å²) in [6.07, 6.45) is 4.39. The van der Waals surface area contributed by atoms with E-state index in [1.807, 2.05) is 43.3 Å². The minimum absolute atomic E-state index is 0.120. The highest BCUT2D eigenvalue weighted by Gasteiger charge is 2.41. The highest BCUT2D eigenvalue weighted by Crippen LogP contribution is 2.42. The van der Waals surface area contributed by atoms with E-state index < -0.39 is 30.1 Å². The van der Waals surface area contributed by atoms with Gasteiger partial charge in [-0.2, -0.15) is 0 Å². The van der Waals surface area contributed by atoms with E-state index in [1.165, 1.54) is 12.0 Å². The molecule has 1 unspecified atom stereocenters. The summed E-state index contributed by atoms with van der Waals surface area (Å²) in [6, 6.07) is 19.8. The third kappa shape index (κ3) is 14.5. The van der Waals surface area contributed by atoms with E-state index in [2.05, 4.69) is 16.0 Å². The Balaban J connectivity index is 0.907. The van der Waals surface area contributed by atoms with Crippen molar-refractivity contribution in [1.82, 2.24) is 25.8 Å². The Morgan fingerprint density at radius 1 is 0.718 bits per heavy atom. The van der Waals surface area contributed by atoms with E-state index in [-0.39, 0.29) is 74.5 Å². The molecule has 0 radical (unpaired) electrons. The van der Waals surface area contributed by atoms with Gasteiger partial charge in [0.25, 0.3) is 17.7 Å². The molecule has 2 saturated heterocycles. The van der Waals surface area contributed by atoms with Crippen LogP contribution in [0.2, 0.25) is 0 Å². The lowest BCUT2D eigenvalue weighted by Crippen LogP contribution is -2.52. The molecular formula is C58H71N5O15. The van der Waals surface area contributed by atoms with Crippen molar-refractivity contribution >= 4 is 41.4 Å². The van der Waals surface area contributed by atoms with Gasteiger partial charge in [0.2, 0.25) is 23.5 Å². The monoisotopic (exact) mass is 1080 g/mol. The van der Waals surface area contributed by atoms with Crippen LogP contribution in [0.3, 0.4) is 0 Å². The summed E-state index contributed by atoms with van der Waals surface area (Å²) in [7, 11) is 7.77. The van der Waals surface area contributed by atoms with Crippen LogP contribution >= 0.6 is 0 Å². The summed E-state index contributed by atoms with van der Waals surface area (Å²) in [4.78, 5) is 94.6. The van der Waals surface area contributed by atoms with E-state index in [1.54, 1.807) is 69.7 Å². The average Bonchev–Trinajstić information content (AvgIpc) is 3.86. The van der Waals surface area contributed by atoms with Crippen molar-refractivity contribution in [3.63, 3.8) is 0 Å². The van der Waals surface area contributed by atoms with Gasteiger partial charge in [-0.05, 0) is 129 Å². The highest BCUT2D eigenvalue weighted by atomic mass is 16.5. The number of methoxy groups -OCH3 is 5. The number of nitrogens with zero attached hydrogens (tertiary/aromatic N) is 2. The molecule has 0 bridgehead atoms. The smallest absolute Gasteiger partial charge is 0.329 e. The van der Waals surface area contributed by atoms with Crippen molar-refractivity contribution in [3.8, 4) is 40.2 Å². The molecule has 4 aromatic carbocycles. The SMILES string of the molecule is CC[C@H](CC(=O)N1CCCC[C@H]1C(=O)O[C@H](CCc1ccc(OC)c(OC)c1)c1cccc(OCC(=O)NCCCCNC(=O)COc2cccc3c2CN(C2CCC(=O)NC2=O)C3=O)c1)c1cc(OC)c(OC)c(OC)c1. The van der Waals surface area contributed by atoms with Gasteiger partial charge in [0.15, 0.2) is 36.2 Å². The Kier molecular flexibility index (Phi) is 20.6. The van der Waals surface area contributed by atoms with Crippen LogP contribution in [0.25, 0.3) is 0 Å². The number of nitrogens with one attached hydrogen (secondary N) is 3. The zero-order valence-corrected chi connectivity index (χ0v) is 45.3. The molecule has 4 atom stereocenters. The number of piperidine rings is 2. The lowest BCUT2D eigenvalue weighted by molar-refractivity contribution is -0.162. The van der Waals surface area contributed by atoms with Gasteiger partial charge in [-0.1, -0.05) is 31.2 Å². The fourth-order valence-electron chi connectivity index (χ4n) is 10.1. The predicted octanol–water partition coefficient (Wildman–Crippen LogP) is 6.14. The van der Waals surface area contributed by atoms with E-state index in [4.69, 9.17) is 37.9 Å². The fourth-order valence-corrected chi connectivity index (χ4v) is 10.1. The van der Waals surface area contributed by atoms with Crippen LogP contribution in [0.15, 0.2) is 72.8 Å². The number of ether oxygens (including phenoxy) is 8. The van der Waals surface area contributed by atoms with Gasteiger partial charge in [-0.3, -0.25) is 34.1 Å². The molecular weight excluding hydrogens is 1010 g/mol. The molecule has 3 heterocycles. The van der Waals surface area contributed by atoms with Crippen LogP contribution in [-0.4, -0.2) is 132 Å². The maximum atomic E-state index is 14.4. The number of unbranched alkanes of at least 4 members (excludes halogenated alkanes) is 1. The zero-order valence-electron chi connectivity index (χ0n) is 45.3. The van der Waals surface area contributed by atoms with Gasteiger partial charge in [-0.25, -0.2) is 4.79 Å². The second-order valence-electron chi connectivity index (χ2n) is 19.3. The number of imide groups is 1. The molecule has 0 spiro atoms. The minimum Gasteiger partial charge on any atom is -0.493 e. The first-order valence-electron chi connectivity index (χ1n) is 26.5. The molecule has 0 saturated carbocycles. The number of esters is 1. The average molecular weight is 1080 g/mol. The number of hydrogen-bond acceptors (Lipinski definition) is 15. The Hall–Kier alpha value is -8.03. The fraction of sp³-hybridized carbons (Fsp3) is 0.466. The van der Waals surface area contributed by atoms with Crippen molar-refractivity contribution in [3.05, 3.63) is 101 Å². The summed E-state index contributed by atoms with van der Waals surface area (Å²) < 4.78 is 45.9. The lowest BCUT2D eigenvalue weighted by Gasteiger charge is -2.36. The van der Waals surface area contributed by atoms with Gasteiger partial charge in [0, 0.05) is 43.6 Å². The second-order valence-corrected chi connectivity index (χ2v) is 19.3. The summed E-state index contributed by atoms with van der Waals surface area (Å²) in [5.74, 6) is 0.561. The summed E-state index contributed by atoms with van der Waals surface area (Å²) in [6.45, 7) is 2.64. The molecule has 78 heavy (non-hydrogen) atoms. The van der Waals surface area contributed by atoms with Crippen LogP contribution in [-0.2, 0) is 46.5 Å². The molecule has 6 amide bonds. The van der Waals surface area contributed by atoms with Gasteiger partial charge < -0.3 is 58.3 Å². The van der Waals surface area contributed by atoms with Crippen molar-refractivity contribution < 1.29 is 71.5 Å². The number of fused-ring (bicyclic) bond motifs is 1. The Bertz CT molecular complexity index is 2780. The zero-order chi connectivity index (χ0) is 55.7. The van der Waals surface area contributed by atoms with Crippen molar-refractivity contribution in [2.24, 2.45) is 0 Å². The van der Waals surface area contributed by atoms with Crippen LogP contribution in [0, 0.1) is 0 Å². The topological polar surface area (TPSA) is 236 Å². The van der Waals surface area contributed by atoms with Gasteiger partial charge in [0.1, 0.15) is 29.7 Å². The molecule has 7 rings (SSSR count). The predicted molar refractivity (Wildman–Crippen MR) is 285 cm³/mol. The molecule has 3 N–H and O–H groups in total. The number of benzene rings is 4. The van der Waals surface area contributed by atoms with E-state index in [0.29, 0.717) is 115 Å². The molecule has 418 valence electrons. The summed E-state index contributed by atoms with van der Waals surface area (Å²) >= 11 is 0. The maximum Gasteiger partial charge on any atom is 0.329 e. The molecule has 0 aliphatic carbocycles. The number of aryl methyl sites for hydroxylation is 1. The third-order valence-corrected chi connectivity index (χ3v) is 14.3. The molecule has 20 nitrogen and oxygen atoms in total. The molecule has 0 aromatic heterocycles. The summed E-state index contributed by atoms with van der Waals surface area (Å²) in [5, 5.41) is 7.94. The lowest BCUT2D eigenvalue weighted by atomic mass is 9.91. The maximum absolute atomic E-state index is 14.4. The third-order valence-electron chi connectivity index (χ3n) is 14.3. The molecule has 3 aliphatic rings. The first kappa shape index (κ1) is 57.7. The minimum atomic E-state index is -0.793. The largest absolute Gasteiger partial charge is 0.493 e. The van der Waals surface area contributed by atoms with E-state index >= 15 is 0 Å². The quantitative estimate of drug-likeness (QED) is 0.0345. The number of carbonyl (C=O) groups excluding carboxylic acids is 7. The molecule has 3 aliphatic heterocycles. The van der Waals surface area contributed by atoms with E-state index in [0.717, 1.165) is 24.0 Å². The van der Waals surface area contributed by atoms with Crippen molar-refractivity contribution in [2.45, 2.75) is 108 Å². The Morgan fingerprint density at radius 3 is 2.08 bits per heavy atom. The standard InChI is InChI=1S/C58H71N5O15/c1-7-37(39-30-49(73-4)55(75-6)50(31-39)74-5)32-54(67)62-27-11-8-17-44(62)58(70)78-45(22-19-36-20-23-47(71-2)48(28-36)72-3)38-14-12-15-40(29-38)76-34-52(65)59-25-9-10-26-60-53(66)35-77-46-18-13-16-41-42(46)33-63(57(41)69)43-21-24-51(64)61-56(43)68/h12-16,18,20,23,28-31,37,43-45H,7-11,17,19,21-22,24-27,32-35H2,1-6H3,(H,59,65)(H,60,66)(H,61,64,68)/t37-,43?,44+,45-/m1/s1. The number of rotatable bonds is 27. The van der Waals surface area contributed by atoms with Gasteiger partial charge in [0.05, 0.1) is 42.1 Å². The van der Waals surface area contributed by atoms with Crippen LogP contribution in [0.4, 0.5) is 0 Å². The Morgan fingerprint density at radius 2 is 1.41 bits per heavy atom. The number of carbonyl (C=O) groups is 7. The molecule has 4 aromatic rings. The first-order chi connectivity index (χ1) is 37.8.